The summed E-state index contributed by atoms with van der Waals surface area (Å²) in [5.74, 6) is 0.103. The molecule has 21 heavy (non-hydrogen) atoms. The second-order valence-electron chi connectivity index (χ2n) is 6.89. The molecule has 0 bridgehead atoms. The third-order valence-corrected chi connectivity index (χ3v) is 4.71. The highest BCUT2D eigenvalue weighted by molar-refractivity contribution is 5.74. The number of carbonyl (C=O) groups excluding carboxylic acids is 1. The SMILES string of the molecule is C[C@H]1CCCC(C)(C)C1C(=O)OCC(O)c1ccccc1. The van der Waals surface area contributed by atoms with E-state index in [2.05, 4.69) is 20.8 Å². The smallest absolute Gasteiger partial charge is 0.309 e. The Morgan fingerprint density at radius 2 is 2.05 bits per heavy atom. The number of aliphatic hydroxyl groups is 1. The molecule has 3 nitrogen and oxygen atoms in total. The van der Waals surface area contributed by atoms with Gasteiger partial charge in [-0.25, -0.2) is 0 Å². The molecule has 0 amide bonds. The van der Waals surface area contributed by atoms with Gasteiger partial charge >= 0.3 is 5.97 Å². The van der Waals surface area contributed by atoms with Crippen LogP contribution in [-0.4, -0.2) is 17.7 Å². The predicted molar refractivity (Wildman–Crippen MR) is 82.6 cm³/mol. The van der Waals surface area contributed by atoms with Gasteiger partial charge in [0.2, 0.25) is 0 Å². The van der Waals surface area contributed by atoms with Crippen molar-refractivity contribution in [1.82, 2.24) is 0 Å². The third kappa shape index (κ3) is 3.85. The van der Waals surface area contributed by atoms with Crippen LogP contribution in [0.2, 0.25) is 0 Å². The Hall–Kier alpha value is -1.35. The van der Waals surface area contributed by atoms with E-state index in [0.717, 1.165) is 18.4 Å². The second kappa shape index (κ2) is 6.61. The summed E-state index contributed by atoms with van der Waals surface area (Å²) in [5, 5.41) is 10.1. The minimum atomic E-state index is -0.753. The van der Waals surface area contributed by atoms with E-state index >= 15 is 0 Å². The van der Waals surface area contributed by atoms with Crippen LogP contribution < -0.4 is 0 Å². The molecule has 1 aromatic rings. The quantitative estimate of drug-likeness (QED) is 0.860. The lowest BCUT2D eigenvalue weighted by molar-refractivity contribution is -0.160. The zero-order valence-electron chi connectivity index (χ0n) is 13.2. The molecule has 116 valence electrons. The summed E-state index contributed by atoms with van der Waals surface area (Å²) >= 11 is 0. The highest BCUT2D eigenvalue weighted by Gasteiger charge is 2.42. The van der Waals surface area contributed by atoms with Crippen molar-refractivity contribution < 1.29 is 14.6 Å². The molecule has 0 saturated heterocycles. The van der Waals surface area contributed by atoms with Crippen molar-refractivity contribution in [3.8, 4) is 0 Å². The Labute approximate surface area is 127 Å². The molecule has 3 atom stereocenters. The molecule has 0 radical (unpaired) electrons. The molecule has 0 aliphatic heterocycles. The van der Waals surface area contributed by atoms with E-state index in [1.54, 1.807) is 0 Å². The van der Waals surface area contributed by atoms with Crippen LogP contribution in [0.1, 0.15) is 51.7 Å². The fourth-order valence-corrected chi connectivity index (χ4v) is 3.55. The van der Waals surface area contributed by atoms with E-state index in [9.17, 15) is 9.90 Å². The summed E-state index contributed by atoms with van der Waals surface area (Å²) in [5.41, 5.74) is 0.758. The zero-order chi connectivity index (χ0) is 15.5. The molecule has 1 aliphatic carbocycles. The average molecular weight is 290 g/mol. The Bertz CT molecular complexity index is 467. The monoisotopic (exact) mass is 290 g/mol. The maximum Gasteiger partial charge on any atom is 0.309 e. The van der Waals surface area contributed by atoms with Crippen LogP contribution in [-0.2, 0) is 9.53 Å². The van der Waals surface area contributed by atoms with Gasteiger partial charge in [-0.2, -0.15) is 0 Å². The minimum Gasteiger partial charge on any atom is -0.462 e. The molecule has 0 aromatic heterocycles. The van der Waals surface area contributed by atoms with Crippen molar-refractivity contribution in [2.75, 3.05) is 6.61 Å². The molecule has 1 N–H and O–H groups in total. The lowest BCUT2D eigenvalue weighted by Crippen LogP contribution is -2.40. The maximum atomic E-state index is 12.4. The first kappa shape index (κ1) is 16.0. The van der Waals surface area contributed by atoms with Crippen molar-refractivity contribution in [3.63, 3.8) is 0 Å². The van der Waals surface area contributed by atoms with Gasteiger partial charge in [0, 0.05) is 0 Å². The highest BCUT2D eigenvalue weighted by Crippen LogP contribution is 2.44. The summed E-state index contributed by atoms with van der Waals surface area (Å²) in [6.45, 7) is 6.44. The molecule has 0 spiro atoms. The van der Waals surface area contributed by atoms with E-state index in [1.807, 2.05) is 30.3 Å². The number of rotatable bonds is 4. The topological polar surface area (TPSA) is 46.5 Å². The van der Waals surface area contributed by atoms with Crippen molar-refractivity contribution >= 4 is 5.97 Å². The number of benzene rings is 1. The van der Waals surface area contributed by atoms with Gasteiger partial charge in [0.1, 0.15) is 12.7 Å². The third-order valence-electron chi connectivity index (χ3n) is 4.71. The van der Waals surface area contributed by atoms with Crippen LogP contribution in [0.5, 0.6) is 0 Å². The number of carbonyl (C=O) groups is 1. The van der Waals surface area contributed by atoms with Crippen LogP contribution in [0, 0.1) is 17.3 Å². The van der Waals surface area contributed by atoms with Gasteiger partial charge in [-0.15, -0.1) is 0 Å². The van der Waals surface area contributed by atoms with E-state index in [0.29, 0.717) is 5.92 Å². The van der Waals surface area contributed by atoms with E-state index in [4.69, 9.17) is 4.74 Å². The normalized spacial score (nSPS) is 26.1. The molecule has 2 unspecified atom stereocenters. The van der Waals surface area contributed by atoms with E-state index in [-0.39, 0.29) is 23.9 Å². The van der Waals surface area contributed by atoms with Crippen LogP contribution >= 0.6 is 0 Å². The van der Waals surface area contributed by atoms with Crippen LogP contribution in [0.15, 0.2) is 30.3 Å². The summed E-state index contributed by atoms with van der Waals surface area (Å²) in [4.78, 5) is 12.4. The summed E-state index contributed by atoms with van der Waals surface area (Å²) in [7, 11) is 0. The van der Waals surface area contributed by atoms with E-state index < -0.39 is 6.10 Å². The van der Waals surface area contributed by atoms with Crippen molar-refractivity contribution in [2.45, 2.75) is 46.1 Å². The molecule has 3 heteroatoms. The lowest BCUT2D eigenvalue weighted by Gasteiger charge is -2.41. The standard InChI is InChI=1S/C18H26O3/c1-13-8-7-11-18(2,3)16(13)17(20)21-12-15(19)14-9-5-4-6-10-14/h4-6,9-10,13,15-16,19H,7-8,11-12H2,1-3H3/t13-,15?,16?/m0/s1. The molecule has 1 saturated carbocycles. The zero-order valence-corrected chi connectivity index (χ0v) is 13.2. The van der Waals surface area contributed by atoms with Gasteiger partial charge in [-0.3, -0.25) is 4.79 Å². The molecular weight excluding hydrogens is 264 g/mol. The highest BCUT2D eigenvalue weighted by atomic mass is 16.5. The van der Waals surface area contributed by atoms with Gasteiger partial charge in [0.05, 0.1) is 5.92 Å². The number of hydrogen-bond acceptors (Lipinski definition) is 3. The molecule has 2 rings (SSSR count). The van der Waals surface area contributed by atoms with E-state index in [1.165, 1.54) is 6.42 Å². The number of ether oxygens (including phenoxy) is 1. The summed E-state index contributed by atoms with van der Waals surface area (Å²) in [6.07, 6.45) is 2.55. The molecule has 1 aliphatic rings. The van der Waals surface area contributed by atoms with Gasteiger partial charge in [-0.05, 0) is 29.7 Å². The molecule has 1 aromatic carbocycles. The number of aliphatic hydroxyl groups excluding tert-OH is 1. The van der Waals surface area contributed by atoms with Gasteiger partial charge in [0.15, 0.2) is 0 Å². The van der Waals surface area contributed by atoms with Crippen molar-refractivity contribution in [1.29, 1.82) is 0 Å². The number of hydrogen-bond donors (Lipinski definition) is 1. The van der Waals surface area contributed by atoms with Crippen LogP contribution in [0.3, 0.4) is 0 Å². The Morgan fingerprint density at radius 3 is 2.67 bits per heavy atom. The van der Waals surface area contributed by atoms with Crippen LogP contribution in [0.4, 0.5) is 0 Å². The first-order valence-electron chi connectivity index (χ1n) is 7.81. The Balaban J connectivity index is 1.95. The van der Waals surface area contributed by atoms with Crippen LogP contribution in [0.25, 0.3) is 0 Å². The summed E-state index contributed by atoms with van der Waals surface area (Å²) < 4.78 is 5.41. The van der Waals surface area contributed by atoms with Gasteiger partial charge in [0.25, 0.3) is 0 Å². The van der Waals surface area contributed by atoms with Gasteiger partial charge in [-0.1, -0.05) is 57.5 Å². The second-order valence-corrected chi connectivity index (χ2v) is 6.89. The Kier molecular flexibility index (Phi) is 5.04. The first-order chi connectivity index (χ1) is 9.92. The number of esters is 1. The predicted octanol–water partition coefficient (Wildman–Crippen LogP) is 3.73. The molecule has 0 heterocycles. The van der Waals surface area contributed by atoms with Gasteiger partial charge < -0.3 is 9.84 Å². The molecule has 1 fully saturated rings. The fourth-order valence-electron chi connectivity index (χ4n) is 3.55. The fraction of sp³-hybridized carbons (Fsp3) is 0.611. The maximum absolute atomic E-state index is 12.4. The molecular formula is C18H26O3. The van der Waals surface area contributed by atoms with Crippen molar-refractivity contribution in [2.24, 2.45) is 17.3 Å². The Morgan fingerprint density at radius 1 is 1.38 bits per heavy atom. The van der Waals surface area contributed by atoms with Crippen molar-refractivity contribution in [3.05, 3.63) is 35.9 Å². The first-order valence-corrected chi connectivity index (χ1v) is 7.81. The largest absolute Gasteiger partial charge is 0.462 e. The lowest BCUT2D eigenvalue weighted by atomic mass is 9.64. The average Bonchev–Trinajstić information content (AvgIpc) is 2.44. The summed E-state index contributed by atoms with van der Waals surface area (Å²) in [6, 6.07) is 9.31. The minimum absolute atomic E-state index is 0.0214.